The summed E-state index contributed by atoms with van der Waals surface area (Å²) in [6.45, 7) is 2.89. The predicted molar refractivity (Wildman–Crippen MR) is 58.6 cm³/mol. The van der Waals surface area contributed by atoms with Gasteiger partial charge in [-0.1, -0.05) is 0 Å². The SMILES string of the molecule is Cc1ccncc1NC(=O)[C@@H]1CCCN1. The minimum atomic E-state index is -0.0374. The third kappa shape index (κ3) is 2.33. The van der Waals surface area contributed by atoms with Crippen LogP contribution in [-0.4, -0.2) is 23.5 Å². The molecule has 1 aromatic heterocycles. The average Bonchev–Trinajstić information content (AvgIpc) is 2.74. The minimum Gasteiger partial charge on any atom is -0.323 e. The van der Waals surface area contributed by atoms with Crippen LogP contribution in [-0.2, 0) is 4.79 Å². The number of carbonyl (C=O) groups is 1. The van der Waals surface area contributed by atoms with Gasteiger partial charge in [-0.15, -0.1) is 0 Å². The largest absolute Gasteiger partial charge is 0.323 e. The number of hydrogen-bond acceptors (Lipinski definition) is 3. The van der Waals surface area contributed by atoms with Gasteiger partial charge in [0, 0.05) is 6.20 Å². The molecule has 1 amide bonds. The van der Waals surface area contributed by atoms with E-state index in [2.05, 4.69) is 15.6 Å². The molecule has 0 bridgehead atoms. The molecule has 1 atom stereocenters. The van der Waals surface area contributed by atoms with E-state index in [-0.39, 0.29) is 11.9 Å². The number of nitrogens with zero attached hydrogens (tertiary/aromatic N) is 1. The first-order valence-electron chi connectivity index (χ1n) is 5.22. The van der Waals surface area contributed by atoms with Crippen molar-refractivity contribution >= 4 is 11.6 Å². The normalized spacial score (nSPS) is 20.2. The van der Waals surface area contributed by atoms with Gasteiger partial charge in [-0.25, -0.2) is 0 Å². The molecule has 4 heteroatoms. The Morgan fingerprint density at radius 2 is 2.53 bits per heavy atom. The Balaban J connectivity index is 2.02. The van der Waals surface area contributed by atoms with E-state index < -0.39 is 0 Å². The van der Waals surface area contributed by atoms with E-state index in [1.807, 2.05) is 13.0 Å². The highest BCUT2D eigenvalue weighted by molar-refractivity contribution is 5.95. The minimum absolute atomic E-state index is 0.0374. The van der Waals surface area contributed by atoms with Crippen molar-refractivity contribution in [1.29, 1.82) is 0 Å². The van der Waals surface area contributed by atoms with Crippen molar-refractivity contribution in [3.05, 3.63) is 24.0 Å². The lowest BCUT2D eigenvalue weighted by atomic mass is 10.2. The van der Waals surface area contributed by atoms with Crippen molar-refractivity contribution in [2.45, 2.75) is 25.8 Å². The highest BCUT2D eigenvalue weighted by atomic mass is 16.2. The highest BCUT2D eigenvalue weighted by Gasteiger charge is 2.22. The van der Waals surface area contributed by atoms with Crippen LogP contribution in [0.4, 0.5) is 5.69 Å². The van der Waals surface area contributed by atoms with Crippen LogP contribution in [0.25, 0.3) is 0 Å². The van der Waals surface area contributed by atoms with Crippen LogP contribution in [0.5, 0.6) is 0 Å². The van der Waals surface area contributed by atoms with Gasteiger partial charge < -0.3 is 10.6 Å². The summed E-state index contributed by atoms with van der Waals surface area (Å²) in [6, 6.07) is 1.85. The molecule has 2 N–H and O–H groups in total. The number of aryl methyl sites for hydroxylation is 1. The molecule has 0 saturated carbocycles. The fourth-order valence-corrected chi connectivity index (χ4v) is 1.72. The molecule has 1 aliphatic heterocycles. The fourth-order valence-electron chi connectivity index (χ4n) is 1.72. The lowest BCUT2D eigenvalue weighted by Gasteiger charge is -2.12. The quantitative estimate of drug-likeness (QED) is 0.759. The zero-order valence-corrected chi connectivity index (χ0v) is 8.79. The third-order valence-electron chi connectivity index (χ3n) is 2.67. The number of rotatable bonds is 2. The van der Waals surface area contributed by atoms with Crippen LogP contribution in [0.1, 0.15) is 18.4 Å². The zero-order valence-electron chi connectivity index (χ0n) is 8.79. The van der Waals surface area contributed by atoms with Crippen molar-refractivity contribution < 1.29 is 4.79 Å². The summed E-state index contributed by atoms with van der Waals surface area (Å²) in [4.78, 5) is 15.8. The third-order valence-corrected chi connectivity index (χ3v) is 2.67. The van der Waals surface area contributed by atoms with E-state index in [1.165, 1.54) is 0 Å². The molecule has 1 aromatic rings. The van der Waals surface area contributed by atoms with E-state index >= 15 is 0 Å². The molecule has 0 aromatic carbocycles. The van der Waals surface area contributed by atoms with E-state index in [9.17, 15) is 4.79 Å². The molecule has 1 saturated heterocycles. The van der Waals surface area contributed by atoms with Crippen molar-refractivity contribution in [2.75, 3.05) is 11.9 Å². The average molecular weight is 205 g/mol. The molecule has 0 radical (unpaired) electrons. The molecule has 4 nitrogen and oxygen atoms in total. The molecule has 0 aliphatic carbocycles. The van der Waals surface area contributed by atoms with Crippen LogP contribution in [0.15, 0.2) is 18.5 Å². The van der Waals surface area contributed by atoms with Crippen LogP contribution in [0.3, 0.4) is 0 Å². The Morgan fingerprint density at radius 3 is 3.20 bits per heavy atom. The predicted octanol–water partition coefficient (Wildman–Crippen LogP) is 1.08. The first-order chi connectivity index (χ1) is 7.27. The van der Waals surface area contributed by atoms with Gasteiger partial charge in [0.25, 0.3) is 0 Å². The molecule has 80 valence electrons. The van der Waals surface area contributed by atoms with Crippen LogP contribution >= 0.6 is 0 Å². The van der Waals surface area contributed by atoms with Gasteiger partial charge in [-0.05, 0) is 37.9 Å². The van der Waals surface area contributed by atoms with Crippen molar-refractivity contribution in [1.82, 2.24) is 10.3 Å². The summed E-state index contributed by atoms with van der Waals surface area (Å²) in [5, 5.41) is 6.05. The van der Waals surface area contributed by atoms with E-state index in [4.69, 9.17) is 0 Å². The summed E-state index contributed by atoms with van der Waals surface area (Å²) >= 11 is 0. The Hall–Kier alpha value is -1.42. The maximum Gasteiger partial charge on any atom is 0.241 e. The number of carbonyl (C=O) groups excluding carboxylic acids is 1. The second kappa shape index (κ2) is 4.40. The second-order valence-electron chi connectivity index (χ2n) is 3.83. The van der Waals surface area contributed by atoms with Gasteiger partial charge in [0.15, 0.2) is 0 Å². The molecule has 2 rings (SSSR count). The lowest BCUT2D eigenvalue weighted by molar-refractivity contribution is -0.117. The van der Waals surface area contributed by atoms with E-state index in [1.54, 1.807) is 12.4 Å². The number of nitrogens with one attached hydrogen (secondary N) is 2. The second-order valence-corrected chi connectivity index (χ2v) is 3.83. The van der Waals surface area contributed by atoms with Gasteiger partial charge >= 0.3 is 0 Å². The zero-order chi connectivity index (χ0) is 10.7. The monoisotopic (exact) mass is 205 g/mol. The fraction of sp³-hybridized carbons (Fsp3) is 0.455. The molecule has 0 spiro atoms. The first-order valence-corrected chi connectivity index (χ1v) is 5.22. The van der Waals surface area contributed by atoms with Gasteiger partial charge in [-0.3, -0.25) is 9.78 Å². The van der Waals surface area contributed by atoms with Gasteiger partial charge in [0.2, 0.25) is 5.91 Å². The molecule has 0 unspecified atom stereocenters. The molecular formula is C11H15N3O. The van der Waals surface area contributed by atoms with Crippen LogP contribution in [0, 0.1) is 6.92 Å². The summed E-state index contributed by atoms with van der Waals surface area (Å²) in [7, 11) is 0. The summed E-state index contributed by atoms with van der Waals surface area (Å²) in [5.74, 6) is 0.0450. The maximum absolute atomic E-state index is 11.8. The van der Waals surface area contributed by atoms with Gasteiger partial charge in [0.05, 0.1) is 17.9 Å². The summed E-state index contributed by atoms with van der Waals surface area (Å²) < 4.78 is 0. The summed E-state index contributed by atoms with van der Waals surface area (Å²) in [5.41, 5.74) is 1.84. The van der Waals surface area contributed by atoms with Gasteiger partial charge in [0.1, 0.15) is 0 Å². The topological polar surface area (TPSA) is 54.0 Å². The van der Waals surface area contributed by atoms with Crippen LogP contribution in [0.2, 0.25) is 0 Å². The number of anilines is 1. The number of aromatic nitrogens is 1. The smallest absolute Gasteiger partial charge is 0.241 e. The molecular weight excluding hydrogens is 190 g/mol. The standard InChI is InChI=1S/C11H15N3O/c1-8-4-6-12-7-10(8)14-11(15)9-3-2-5-13-9/h4,6-7,9,13H,2-3,5H2,1H3,(H,14,15)/t9-/m0/s1. The summed E-state index contributed by atoms with van der Waals surface area (Å²) in [6.07, 6.45) is 5.40. The molecule has 1 aliphatic rings. The number of hydrogen-bond donors (Lipinski definition) is 2. The Morgan fingerprint density at radius 1 is 1.67 bits per heavy atom. The lowest BCUT2D eigenvalue weighted by Crippen LogP contribution is -2.35. The Labute approximate surface area is 89.1 Å². The van der Waals surface area contributed by atoms with Gasteiger partial charge in [-0.2, -0.15) is 0 Å². The van der Waals surface area contributed by atoms with Crippen molar-refractivity contribution in [2.24, 2.45) is 0 Å². The maximum atomic E-state index is 11.8. The Bertz CT molecular complexity index is 359. The number of pyridine rings is 1. The van der Waals surface area contributed by atoms with Crippen molar-refractivity contribution in [3.8, 4) is 0 Å². The first kappa shape index (κ1) is 10.1. The molecule has 15 heavy (non-hydrogen) atoms. The highest BCUT2D eigenvalue weighted by Crippen LogP contribution is 2.13. The number of amides is 1. The van der Waals surface area contributed by atoms with E-state index in [0.29, 0.717) is 0 Å². The van der Waals surface area contributed by atoms with Crippen molar-refractivity contribution in [3.63, 3.8) is 0 Å². The molecule has 2 heterocycles. The Kier molecular flexibility index (Phi) is 2.97. The molecule has 1 fully saturated rings. The van der Waals surface area contributed by atoms with E-state index in [0.717, 1.165) is 30.6 Å². The van der Waals surface area contributed by atoms with Crippen LogP contribution < -0.4 is 10.6 Å².